The zero-order valence-corrected chi connectivity index (χ0v) is 25.1. The number of benzene rings is 4. The second kappa shape index (κ2) is 12.9. The third-order valence-corrected chi connectivity index (χ3v) is 7.94. The molecule has 2 amide bonds. The molecule has 4 aromatic carbocycles. The van der Waals surface area contributed by atoms with E-state index in [1.807, 2.05) is 103 Å². The van der Waals surface area contributed by atoms with Crippen LogP contribution in [-0.4, -0.2) is 33.9 Å². The van der Waals surface area contributed by atoms with E-state index >= 15 is 0 Å². The molecule has 0 aliphatic carbocycles. The first-order valence-corrected chi connectivity index (χ1v) is 14.7. The van der Waals surface area contributed by atoms with Crippen molar-refractivity contribution in [3.05, 3.63) is 162 Å². The molecule has 0 saturated heterocycles. The number of amides is 2. The van der Waals surface area contributed by atoms with Crippen LogP contribution < -0.4 is 10.6 Å². The summed E-state index contributed by atoms with van der Waals surface area (Å²) in [5.74, 6) is 0.142. The normalized spacial score (nSPS) is 12.0. The fourth-order valence-corrected chi connectivity index (χ4v) is 5.83. The van der Waals surface area contributed by atoms with E-state index in [1.54, 1.807) is 6.20 Å². The molecule has 0 aliphatic heterocycles. The van der Waals surface area contributed by atoms with Gasteiger partial charge in [-0.05, 0) is 35.2 Å². The van der Waals surface area contributed by atoms with Crippen LogP contribution in [-0.2, 0) is 21.5 Å². The highest BCUT2D eigenvalue weighted by atomic mass is 16.5. The molecule has 6 aromatic rings. The number of nitrogens with one attached hydrogen (secondary N) is 2. The molecule has 0 saturated carbocycles. The number of methoxy groups -OCH3 is 1. The van der Waals surface area contributed by atoms with Crippen molar-refractivity contribution in [1.29, 1.82) is 0 Å². The van der Waals surface area contributed by atoms with Gasteiger partial charge in [0.25, 0.3) is 0 Å². The minimum absolute atomic E-state index is 0.0626. The van der Waals surface area contributed by atoms with Gasteiger partial charge in [-0.15, -0.1) is 0 Å². The molecule has 45 heavy (non-hydrogen) atoms. The molecule has 8 nitrogen and oxygen atoms in total. The molecule has 0 bridgehead atoms. The van der Waals surface area contributed by atoms with E-state index in [0.717, 1.165) is 22.3 Å². The van der Waals surface area contributed by atoms with Gasteiger partial charge in [0.15, 0.2) is 5.82 Å². The number of fused-ring (bicyclic) bond motifs is 1. The maximum Gasteiger partial charge on any atom is 0.412 e. The quantitative estimate of drug-likeness (QED) is 0.178. The Hall–Kier alpha value is -5.76. The highest BCUT2D eigenvalue weighted by molar-refractivity contribution is 5.97. The van der Waals surface area contributed by atoms with E-state index in [1.165, 1.54) is 7.11 Å². The third kappa shape index (κ3) is 5.78. The van der Waals surface area contributed by atoms with Gasteiger partial charge >= 0.3 is 6.09 Å². The minimum atomic E-state index is -0.958. The van der Waals surface area contributed by atoms with Crippen LogP contribution in [0.15, 0.2) is 134 Å². The number of hydrogen-bond donors (Lipinski definition) is 2. The van der Waals surface area contributed by atoms with Crippen molar-refractivity contribution in [2.75, 3.05) is 12.4 Å². The molecule has 0 radical (unpaired) electrons. The number of aromatic nitrogens is 3. The summed E-state index contributed by atoms with van der Waals surface area (Å²) in [5.41, 5.74) is 4.20. The molecule has 2 N–H and O–H groups in total. The standard InChI is InChI=1S/C37H33N5O3/c1-26(27-15-7-3-8-16-27)39-34(43)24-31-23-33-32(25-38-31)35(40-36(44)45-2)41-42(33)37(28-17-9-4-10-18-28,29-19-11-5-12-20-29)30-21-13-6-14-22-30/h3-23,25-26H,24H2,1-2H3,(H,39,43)(H,40,41,44)/t26-/m1/s1. The lowest BCUT2D eigenvalue weighted by Gasteiger charge is -2.37. The van der Waals surface area contributed by atoms with Gasteiger partial charge in [0.1, 0.15) is 5.54 Å². The molecule has 6 rings (SSSR count). The number of carbonyl (C=O) groups is 2. The molecule has 224 valence electrons. The number of carbonyl (C=O) groups excluding carboxylic acids is 2. The van der Waals surface area contributed by atoms with Crippen LogP contribution in [0.3, 0.4) is 0 Å². The molecule has 0 fully saturated rings. The number of nitrogens with zero attached hydrogens (tertiary/aromatic N) is 3. The van der Waals surface area contributed by atoms with Gasteiger partial charge in [0.2, 0.25) is 5.91 Å². The summed E-state index contributed by atoms with van der Waals surface area (Å²) < 4.78 is 6.85. The third-order valence-electron chi connectivity index (χ3n) is 7.94. The van der Waals surface area contributed by atoms with Gasteiger partial charge in [0.05, 0.1) is 36.2 Å². The second-order valence-electron chi connectivity index (χ2n) is 10.8. The molecule has 2 heterocycles. The maximum atomic E-state index is 13.2. The Morgan fingerprint density at radius 1 is 0.800 bits per heavy atom. The lowest BCUT2D eigenvalue weighted by atomic mass is 9.77. The van der Waals surface area contributed by atoms with Crippen LogP contribution in [0.1, 0.15) is 40.9 Å². The summed E-state index contributed by atoms with van der Waals surface area (Å²) in [6.07, 6.45) is 1.07. The van der Waals surface area contributed by atoms with Crippen molar-refractivity contribution in [3.63, 3.8) is 0 Å². The van der Waals surface area contributed by atoms with E-state index in [2.05, 4.69) is 52.0 Å². The Labute approximate surface area is 261 Å². The van der Waals surface area contributed by atoms with E-state index in [9.17, 15) is 9.59 Å². The second-order valence-corrected chi connectivity index (χ2v) is 10.8. The summed E-state index contributed by atoms with van der Waals surface area (Å²) in [6, 6.07) is 41.9. The zero-order chi connectivity index (χ0) is 31.2. The van der Waals surface area contributed by atoms with Crippen LogP contribution in [0.4, 0.5) is 10.6 Å². The van der Waals surface area contributed by atoms with Crippen molar-refractivity contribution < 1.29 is 14.3 Å². The highest BCUT2D eigenvalue weighted by Gasteiger charge is 2.41. The lowest BCUT2D eigenvalue weighted by Crippen LogP contribution is -2.38. The Bertz CT molecular complexity index is 1810. The number of rotatable bonds is 9. The molecule has 1 atom stereocenters. The SMILES string of the molecule is COC(=O)Nc1nn(C(c2ccccc2)(c2ccccc2)c2ccccc2)c2cc(CC(=O)N[C@H](C)c3ccccc3)ncc12. The smallest absolute Gasteiger partial charge is 0.412 e. The van der Waals surface area contributed by atoms with Crippen LogP contribution in [0.2, 0.25) is 0 Å². The van der Waals surface area contributed by atoms with E-state index in [0.29, 0.717) is 22.4 Å². The average Bonchev–Trinajstić information content (AvgIpc) is 3.44. The van der Waals surface area contributed by atoms with Gasteiger partial charge in [-0.3, -0.25) is 15.1 Å². The number of hydrogen-bond acceptors (Lipinski definition) is 5. The Balaban J connectivity index is 1.55. The van der Waals surface area contributed by atoms with Crippen molar-refractivity contribution in [2.24, 2.45) is 0 Å². The fraction of sp³-hybridized carbons (Fsp3) is 0.135. The first kappa shape index (κ1) is 29.3. The van der Waals surface area contributed by atoms with Crippen molar-refractivity contribution in [1.82, 2.24) is 20.1 Å². The van der Waals surface area contributed by atoms with E-state index < -0.39 is 11.6 Å². The predicted octanol–water partition coefficient (Wildman–Crippen LogP) is 6.87. The average molecular weight is 596 g/mol. The van der Waals surface area contributed by atoms with Crippen molar-refractivity contribution in [3.8, 4) is 0 Å². The largest absolute Gasteiger partial charge is 0.453 e. The number of pyridine rings is 1. The van der Waals surface area contributed by atoms with Gasteiger partial charge < -0.3 is 10.1 Å². The maximum absolute atomic E-state index is 13.2. The van der Waals surface area contributed by atoms with Crippen LogP contribution in [0.5, 0.6) is 0 Å². The summed E-state index contributed by atoms with van der Waals surface area (Å²) in [7, 11) is 1.31. The van der Waals surface area contributed by atoms with Crippen LogP contribution >= 0.6 is 0 Å². The molecule has 8 heteroatoms. The Morgan fingerprint density at radius 2 is 1.31 bits per heavy atom. The predicted molar refractivity (Wildman–Crippen MR) is 175 cm³/mol. The Morgan fingerprint density at radius 3 is 1.82 bits per heavy atom. The first-order valence-electron chi connectivity index (χ1n) is 14.7. The molecular formula is C37H33N5O3. The molecule has 0 spiro atoms. The monoisotopic (exact) mass is 595 g/mol. The Kier molecular flexibility index (Phi) is 8.37. The fourth-order valence-electron chi connectivity index (χ4n) is 5.83. The molecule has 2 aromatic heterocycles. The van der Waals surface area contributed by atoms with Crippen molar-refractivity contribution in [2.45, 2.75) is 24.9 Å². The number of ether oxygens (including phenoxy) is 1. The van der Waals surface area contributed by atoms with E-state index in [4.69, 9.17) is 9.84 Å². The van der Waals surface area contributed by atoms with E-state index in [-0.39, 0.29) is 18.4 Å². The number of anilines is 1. The molecule has 0 unspecified atom stereocenters. The lowest BCUT2D eigenvalue weighted by molar-refractivity contribution is -0.121. The van der Waals surface area contributed by atoms with Crippen LogP contribution in [0.25, 0.3) is 10.9 Å². The van der Waals surface area contributed by atoms with Crippen LogP contribution in [0, 0.1) is 0 Å². The molecule has 0 aliphatic rings. The highest BCUT2D eigenvalue weighted by Crippen LogP contribution is 2.43. The first-order chi connectivity index (χ1) is 22.0. The van der Waals surface area contributed by atoms with Gasteiger partial charge in [-0.2, -0.15) is 5.10 Å². The summed E-state index contributed by atoms with van der Waals surface area (Å²) in [6.45, 7) is 1.96. The van der Waals surface area contributed by atoms with Gasteiger partial charge in [0, 0.05) is 6.20 Å². The summed E-state index contributed by atoms with van der Waals surface area (Å²) in [5, 5.41) is 11.5. The minimum Gasteiger partial charge on any atom is -0.453 e. The van der Waals surface area contributed by atoms with Gasteiger partial charge in [-0.1, -0.05) is 121 Å². The van der Waals surface area contributed by atoms with Gasteiger partial charge in [-0.25, -0.2) is 9.48 Å². The topological polar surface area (TPSA) is 98.1 Å². The summed E-state index contributed by atoms with van der Waals surface area (Å²) >= 11 is 0. The summed E-state index contributed by atoms with van der Waals surface area (Å²) in [4.78, 5) is 30.3. The molecular weight excluding hydrogens is 562 g/mol. The zero-order valence-electron chi connectivity index (χ0n) is 25.1. The van der Waals surface area contributed by atoms with Crippen molar-refractivity contribution >= 4 is 28.7 Å².